The molecular formula is C13H20N4O5. The maximum Gasteiger partial charge on any atom is 0.303 e. The number of hydrogen-bond donors (Lipinski definition) is 3. The van der Waals surface area contributed by atoms with Crippen LogP contribution in [0.25, 0.3) is 0 Å². The van der Waals surface area contributed by atoms with Crippen LogP contribution in [0.4, 0.5) is 0 Å². The summed E-state index contributed by atoms with van der Waals surface area (Å²) in [6.07, 6.45) is 0.0458. The van der Waals surface area contributed by atoms with Crippen molar-refractivity contribution in [2.45, 2.75) is 57.2 Å². The molecule has 0 aromatic rings. The number of Topliss-reactive ketones (excluding diaryl/α,β-unsaturated/α-hetero) is 1. The van der Waals surface area contributed by atoms with Gasteiger partial charge < -0.3 is 16.2 Å². The molecule has 122 valence electrons. The fourth-order valence-corrected chi connectivity index (χ4v) is 1.81. The minimum absolute atomic E-state index is 0.0611. The van der Waals surface area contributed by atoms with Crippen molar-refractivity contribution in [2.24, 2.45) is 16.0 Å². The van der Waals surface area contributed by atoms with E-state index in [1.54, 1.807) is 6.92 Å². The molecule has 0 fully saturated rings. The summed E-state index contributed by atoms with van der Waals surface area (Å²) >= 11 is 0. The molecule has 0 spiro atoms. The maximum atomic E-state index is 11.9. The number of carboxylic acids is 1. The number of carbonyl (C=O) groups excluding carboxylic acids is 3. The van der Waals surface area contributed by atoms with Crippen molar-refractivity contribution >= 4 is 23.6 Å². The second kappa shape index (κ2) is 7.62. The van der Waals surface area contributed by atoms with Crippen LogP contribution < -0.4 is 11.1 Å². The van der Waals surface area contributed by atoms with Gasteiger partial charge in [0, 0.05) is 25.7 Å². The Morgan fingerprint density at radius 3 is 2.27 bits per heavy atom. The van der Waals surface area contributed by atoms with E-state index in [0.717, 1.165) is 0 Å². The molecule has 0 bridgehead atoms. The fraction of sp³-hybridized carbons (Fsp3) is 0.692. The van der Waals surface area contributed by atoms with Gasteiger partial charge in [0.15, 0.2) is 11.4 Å². The van der Waals surface area contributed by atoms with Gasteiger partial charge in [-0.15, -0.1) is 0 Å². The van der Waals surface area contributed by atoms with E-state index < -0.39 is 29.4 Å². The average molecular weight is 312 g/mol. The van der Waals surface area contributed by atoms with Crippen molar-refractivity contribution < 1.29 is 24.3 Å². The standard InChI is InChI=1S/C13H20N4O5/c1-13(16-17-13)7-6-11(20)15-8(2-4-10(14)19)9(18)3-5-12(21)22/h8H,2-7H2,1H3,(H2,14,19)(H,15,20)(H,21,22). The Hall–Kier alpha value is -2.32. The molecule has 1 atom stereocenters. The maximum absolute atomic E-state index is 11.9. The van der Waals surface area contributed by atoms with Crippen LogP contribution in [0.2, 0.25) is 0 Å². The average Bonchev–Trinajstić information content (AvgIpc) is 3.16. The van der Waals surface area contributed by atoms with Crippen molar-refractivity contribution in [1.82, 2.24) is 5.32 Å². The number of hydrogen-bond acceptors (Lipinski definition) is 6. The molecule has 1 unspecified atom stereocenters. The molecule has 2 amide bonds. The highest BCUT2D eigenvalue weighted by Gasteiger charge is 2.34. The molecule has 22 heavy (non-hydrogen) atoms. The molecule has 1 rings (SSSR count). The number of ketones is 1. The van der Waals surface area contributed by atoms with Crippen molar-refractivity contribution in [3.63, 3.8) is 0 Å². The molecule has 9 heteroatoms. The summed E-state index contributed by atoms with van der Waals surface area (Å²) in [6.45, 7) is 1.78. The zero-order valence-corrected chi connectivity index (χ0v) is 12.4. The molecule has 0 aliphatic carbocycles. The number of aliphatic carboxylic acids is 1. The molecule has 1 aliphatic heterocycles. The lowest BCUT2D eigenvalue weighted by Gasteiger charge is -2.17. The Balaban J connectivity index is 2.47. The lowest BCUT2D eigenvalue weighted by Crippen LogP contribution is -2.41. The Labute approximate surface area is 127 Å². The summed E-state index contributed by atoms with van der Waals surface area (Å²) in [7, 11) is 0. The molecule has 1 aliphatic rings. The largest absolute Gasteiger partial charge is 0.481 e. The zero-order valence-electron chi connectivity index (χ0n) is 12.4. The summed E-state index contributed by atoms with van der Waals surface area (Å²) in [5.74, 6) is -2.48. The van der Waals surface area contributed by atoms with E-state index in [2.05, 4.69) is 15.5 Å². The summed E-state index contributed by atoms with van der Waals surface area (Å²) in [5.41, 5.74) is 4.53. The van der Waals surface area contributed by atoms with Gasteiger partial charge in [-0.2, -0.15) is 10.2 Å². The van der Waals surface area contributed by atoms with Gasteiger partial charge in [0.1, 0.15) is 0 Å². The number of nitrogens with two attached hydrogens (primary N) is 1. The van der Waals surface area contributed by atoms with Crippen molar-refractivity contribution in [3.05, 3.63) is 0 Å². The monoisotopic (exact) mass is 312 g/mol. The van der Waals surface area contributed by atoms with Gasteiger partial charge >= 0.3 is 5.97 Å². The van der Waals surface area contributed by atoms with Crippen LogP contribution in [0.3, 0.4) is 0 Å². The Morgan fingerprint density at radius 1 is 1.14 bits per heavy atom. The molecule has 0 aromatic heterocycles. The first kappa shape index (κ1) is 17.7. The number of carboxylic acid groups (broad SMARTS) is 1. The highest BCUT2D eigenvalue weighted by atomic mass is 16.4. The topological polar surface area (TPSA) is 151 Å². The number of nitrogens with zero attached hydrogens (tertiary/aromatic N) is 2. The molecule has 4 N–H and O–H groups in total. The third-order valence-corrected chi connectivity index (χ3v) is 3.26. The second-order valence-electron chi connectivity index (χ2n) is 5.40. The van der Waals surface area contributed by atoms with E-state index in [1.165, 1.54) is 0 Å². The summed E-state index contributed by atoms with van der Waals surface area (Å²) in [6, 6.07) is -0.903. The Morgan fingerprint density at radius 2 is 1.77 bits per heavy atom. The molecular weight excluding hydrogens is 292 g/mol. The van der Waals surface area contributed by atoms with E-state index in [-0.39, 0.29) is 38.0 Å². The predicted molar refractivity (Wildman–Crippen MR) is 74.7 cm³/mol. The smallest absolute Gasteiger partial charge is 0.303 e. The van der Waals surface area contributed by atoms with E-state index in [9.17, 15) is 19.2 Å². The number of carbonyl (C=O) groups is 4. The Bertz CT molecular complexity index is 497. The van der Waals surface area contributed by atoms with Crippen molar-refractivity contribution in [3.8, 4) is 0 Å². The first-order valence-corrected chi connectivity index (χ1v) is 6.98. The van der Waals surface area contributed by atoms with Gasteiger partial charge in [-0.3, -0.25) is 19.2 Å². The molecule has 0 radical (unpaired) electrons. The number of primary amides is 1. The number of rotatable bonds is 11. The SMILES string of the molecule is CC1(CCC(=O)NC(CCC(N)=O)C(=O)CCC(=O)O)N=N1. The first-order chi connectivity index (χ1) is 10.2. The molecule has 9 nitrogen and oxygen atoms in total. The van der Waals surface area contributed by atoms with Crippen molar-refractivity contribution in [2.75, 3.05) is 0 Å². The van der Waals surface area contributed by atoms with E-state index in [0.29, 0.717) is 6.42 Å². The number of nitrogens with one attached hydrogen (secondary N) is 1. The van der Waals surface area contributed by atoms with Crippen LogP contribution in [0.5, 0.6) is 0 Å². The molecule has 1 heterocycles. The first-order valence-electron chi connectivity index (χ1n) is 6.98. The summed E-state index contributed by atoms with van der Waals surface area (Å²) in [5, 5.41) is 18.7. The highest BCUT2D eigenvalue weighted by Crippen LogP contribution is 2.31. The Kier molecular flexibility index (Phi) is 6.14. The van der Waals surface area contributed by atoms with Gasteiger partial charge in [0.05, 0.1) is 12.5 Å². The molecule has 0 saturated carbocycles. The van der Waals surface area contributed by atoms with Crippen molar-refractivity contribution in [1.29, 1.82) is 0 Å². The summed E-state index contributed by atoms with van der Waals surface area (Å²) < 4.78 is 0. The van der Waals surface area contributed by atoms with E-state index >= 15 is 0 Å². The third-order valence-electron chi connectivity index (χ3n) is 3.26. The van der Waals surface area contributed by atoms with Gasteiger partial charge in [-0.05, 0) is 13.3 Å². The molecule has 0 saturated heterocycles. The van der Waals surface area contributed by atoms with Gasteiger partial charge in [-0.25, -0.2) is 0 Å². The molecule has 0 aromatic carbocycles. The van der Waals surface area contributed by atoms with Crippen LogP contribution in [0.15, 0.2) is 10.2 Å². The second-order valence-corrected chi connectivity index (χ2v) is 5.40. The van der Waals surface area contributed by atoms with Crippen LogP contribution >= 0.6 is 0 Å². The van der Waals surface area contributed by atoms with Crippen LogP contribution in [-0.2, 0) is 19.2 Å². The van der Waals surface area contributed by atoms with Crippen LogP contribution in [0.1, 0.15) is 45.4 Å². The summed E-state index contributed by atoms with van der Waals surface area (Å²) in [4.78, 5) is 45.1. The van der Waals surface area contributed by atoms with Gasteiger partial charge in [-0.1, -0.05) is 0 Å². The van der Waals surface area contributed by atoms with E-state index in [1.807, 2.05) is 0 Å². The number of amides is 2. The fourth-order valence-electron chi connectivity index (χ4n) is 1.81. The van der Waals surface area contributed by atoms with Gasteiger partial charge in [0.2, 0.25) is 11.8 Å². The third kappa shape index (κ3) is 6.91. The van der Waals surface area contributed by atoms with Gasteiger partial charge in [0.25, 0.3) is 0 Å². The lowest BCUT2D eigenvalue weighted by atomic mass is 10.0. The highest BCUT2D eigenvalue weighted by molar-refractivity contribution is 5.91. The zero-order chi connectivity index (χ0) is 16.8. The quantitative estimate of drug-likeness (QED) is 0.495. The minimum Gasteiger partial charge on any atom is -0.481 e. The predicted octanol–water partition coefficient (Wildman–Crippen LogP) is 0.133. The minimum atomic E-state index is -1.10. The van der Waals surface area contributed by atoms with E-state index in [4.69, 9.17) is 10.8 Å². The normalized spacial score (nSPS) is 15.9. The van der Waals surface area contributed by atoms with Crippen LogP contribution in [-0.4, -0.2) is 40.4 Å². The van der Waals surface area contributed by atoms with Crippen LogP contribution in [0, 0.1) is 0 Å². The lowest BCUT2D eigenvalue weighted by molar-refractivity contribution is -0.139.